The molecule has 0 fully saturated rings. The van der Waals surface area contributed by atoms with E-state index in [9.17, 15) is 8.42 Å². The molecule has 1 aromatic carbocycles. The van der Waals surface area contributed by atoms with Gasteiger partial charge in [-0.1, -0.05) is 12.1 Å². The molecule has 2 N–H and O–H groups in total. The van der Waals surface area contributed by atoms with Crippen molar-refractivity contribution in [3.8, 4) is 12.3 Å². The smallest absolute Gasteiger partial charge is 0.225 e. The summed E-state index contributed by atoms with van der Waals surface area (Å²) in [6.07, 6.45) is 6.51. The van der Waals surface area contributed by atoms with Crippen molar-refractivity contribution in [3.05, 3.63) is 29.8 Å². The van der Waals surface area contributed by atoms with E-state index in [1.165, 1.54) is 12.1 Å². The number of primary sulfonamides is 1. The van der Waals surface area contributed by atoms with Crippen LogP contribution >= 0.6 is 0 Å². The minimum absolute atomic E-state index is 0.127. The maximum Gasteiger partial charge on any atom is 0.238 e. The van der Waals surface area contributed by atoms with E-state index < -0.39 is 10.0 Å². The van der Waals surface area contributed by atoms with Crippen LogP contribution in [0.4, 0.5) is 0 Å². The lowest BCUT2D eigenvalue weighted by atomic mass is 10.1. The number of hydrogen-bond donors (Lipinski definition) is 1. The third kappa shape index (κ3) is 2.87. The molecule has 0 amide bonds. The van der Waals surface area contributed by atoms with E-state index in [1.54, 1.807) is 12.1 Å². The lowest BCUT2D eigenvalue weighted by Crippen LogP contribution is -2.11. The van der Waals surface area contributed by atoms with Gasteiger partial charge in [0.2, 0.25) is 10.0 Å². The summed E-state index contributed by atoms with van der Waals surface area (Å²) < 4.78 is 21.8. The molecule has 0 atom stereocenters. The molecule has 14 heavy (non-hydrogen) atoms. The van der Waals surface area contributed by atoms with Gasteiger partial charge in [-0.05, 0) is 24.1 Å². The monoisotopic (exact) mass is 209 g/mol. The molecule has 0 saturated carbocycles. The van der Waals surface area contributed by atoms with Crippen molar-refractivity contribution in [1.82, 2.24) is 0 Å². The Morgan fingerprint density at radius 1 is 1.29 bits per heavy atom. The first-order valence-electron chi connectivity index (χ1n) is 4.09. The van der Waals surface area contributed by atoms with Gasteiger partial charge in [0, 0.05) is 6.42 Å². The SMILES string of the molecule is C#CCCc1ccc(S(N)(=O)=O)cc1. The summed E-state index contributed by atoms with van der Waals surface area (Å²) in [5.74, 6) is 2.52. The maximum absolute atomic E-state index is 10.9. The van der Waals surface area contributed by atoms with Crippen LogP contribution in [-0.2, 0) is 16.4 Å². The second-order valence-corrected chi connectivity index (χ2v) is 4.45. The topological polar surface area (TPSA) is 60.2 Å². The first-order valence-corrected chi connectivity index (χ1v) is 5.64. The average molecular weight is 209 g/mol. The van der Waals surface area contributed by atoms with E-state index in [1.807, 2.05) is 0 Å². The van der Waals surface area contributed by atoms with E-state index in [0.29, 0.717) is 6.42 Å². The molecule has 0 bridgehead atoms. The molecule has 0 heterocycles. The van der Waals surface area contributed by atoms with Crippen LogP contribution in [0.1, 0.15) is 12.0 Å². The molecule has 1 aromatic rings. The quantitative estimate of drug-likeness (QED) is 0.752. The van der Waals surface area contributed by atoms with Crippen molar-refractivity contribution in [2.45, 2.75) is 17.7 Å². The first-order chi connectivity index (χ1) is 6.54. The number of benzene rings is 1. The fourth-order valence-corrected chi connectivity index (χ4v) is 1.58. The standard InChI is InChI=1S/C10H11NO2S/c1-2-3-4-9-5-7-10(8-6-9)14(11,12)13/h1,5-8H,3-4H2,(H2,11,12,13). The van der Waals surface area contributed by atoms with E-state index in [-0.39, 0.29) is 4.90 Å². The number of terminal acetylenes is 1. The molecule has 0 aliphatic rings. The summed E-state index contributed by atoms with van der Waals surface area (Å²) in [7, 11) is -3.58. The molecule has 3 nitrogen and oxygen atoms in total. The number of nitrogens with two attached hydrogens (primary N) is 1. The highest BCUT2D eigenvalue weighted by Crippen LogP contribution is 2.09. The summed E-state index contributed by atoms with van der Waals surface area (Å²) in [5, 5.41) is 4.95. The average Bonchev–Trinajstić information content (AvgIpc) is 2.14. The molecule has 0 aromatic heterocycles. The minimum atomic E-state index is -3.58. The van der Waals surface area contributed by atoms with Crippen LogP contribution in [-0.4, -0.2) is 8.42 Å². The van der Waals surface area contributed by atoms with Crippen molar-refractivity contribution in [2.24, 2.45) is 5.14 Å². The van der Waals surface area contributed by atoms with Gasteiger partial charge < -0.3 is 0 Å². The lowest BCUT2D eigenvalue weighted by molar-refractivity contribution is 0.598. The zero-order valence-corrected chi connectivity index (χ0v) is 8.42. The fourth-order valence-electron chi connectivity index (χ4n) is 1.06. The Balaban J connectivity index is 2.86. The van der Waals surface area contributed by atoms with E-state index in [4.69, 9.17) is 11.6 Å². The van der Waals surface area contributed by atoms with Gasteiger partial charge in [-0.2, -0.15) is 0 Å². The van der Waals surface area contributed by atoms with Crippen LogP contribution in [0, 0.1) is 12.3 Å². The van der Waals surface area contributed by atoms with Crippen molar-refractivity contribution in [2.75, 3.05) is 0 Å². The number of sulfonamides is 1. The number of aryl methyl sites for hydroxylation is 1. The molecular weight excluding hydrogens is 198 g/mol. The number of hydrogen-bond acceptors (Lipinski definition) is 2. The largest absolute Gasteiger partial charge is 0.238 e. The molecule has 0 unspecified atom stereocenters. The Labute approximate surface area is 84.0 Å². The predicted molar refractivity (Wildman–Crippen MR) is 55.0 cm³/mol. The van der Waals surface area contributed by atoms with Crippen LogP contribution in [0.2, 0.25) is 0 Å². The molecule has 4 heteroatoms. The van der Waals surface area contributed by atoms with Crippen LogP contribution in [0.5, 0.6) is 0 Å². The molecule has 74 valence electrons. The van der Waals surface area contributed by atoms with Gasteiger partial charge in [0.15, 0.2) is 0 Å². The normalized spacial score (nSPS) is 10.9. The second-order valence-electron chi connectivity index (χ2n) is 2.89. The summed E-state index contributed by atoms with van der Waals surface area (Å²) in [4.78, 5) is 0.127. The van der Waals surface area contributed by atoms with E-state index >= 15 is 0 Å². The minimum Gasteiger partial charge on any atom is -0.225 e. The van der Waals surface area contributed by atoms with Crippen molar-refractivity contribution in [3.63, 3.8) is 0 Å². The van der Waals surface area contributed by atoms with Gasteiger partial charge in [0.05, 0.1) is 4.90 Å². The summed E-state index contributed by atoms with van der Waals surface area (Å²) in [5.41, 5.74) is 1.01. The fraction of sp³-hybridized carbons (Fsp3) is 0.200. The Kier molecular flexibility index (Phi) is 3.28. The first kappa shape index (κ1) is 10.8. The molecule has 0 radical (unpaired) electrons. The highest BCUT2D eigenvalue weighted by molar-refractivity contribution is 7.89. The van der Waals surface area contributed by atoms with Gasteiger partial charge in [-0.15, -0.1) is 12.3 Å². The van der Waals surface area contributed by atoms with Gasteiger partial charge in [0.25, 0.3) is 0 Å². The Bertz CT molecular complexity index is 440. The van der Waals surface area contributed by atoms with Gasteiger partial charge in [0.1, 0.15) is 0 Å². The molecule has 0 spiro atoms. The third-order valence-corrected chi connectivity index (χ3v) is 2.74. The molecule has 0 aliphatic heterocycles. The van der Waals surface area contributed by atoms with Crippen LogP contribution in [0.25, 0.3) is 0 Å². The Hall–Kier alpha value is -1.31. The van der Waals surface area contributed by atoms with Gasteiger partial charge in [-0.25, -0.2) is 13.6 Å². The Morgan fingerprint density at radius 3 is 2.29 bits per heavy atom. The molecular formula is C10H11NO2S. The summed E-state index contributed by atoms with van der Waals surface area (Å²) >= 11 is 0. The van der Waals surface area contributed by atoms with Crippen molar-refractivity contribution >= 4 is 10.0 Å². The van der Waals surface area contributed by atoms with Crippen LogP contribution in [0.3, 0.4) is 0 Å². The summed E-state index contributed by atoms with van der Waals surface area (Å²) in [6.45, 7) is 0. The highest BCUT2D eigenvalue weighted by atomic mass is 32.2. The molecule has 1 rings (SSSR count). The van der Waals surface area contributed by atoms with E-state index in [2.05, 4.69) is 5.92 Å². The van der Waals surface area contributed by atoms with Crippen molar-refractivity contribution < 1.29 is 8.42 Å². The number of rotatable bonds is 3. The van der Waals surface area contributed by atoms with Crippen LogP contribution in [0.15, 0.2) is 29.2 Å². The lowest BCUT2D eigenvalue weighted by Gasteiger charge is -2.00. The molecule has 0 saturated heterocycles. The van der Waals surface area contributed by atoms with Gasteiger partial charge in [-0.3, -0.25) is 0 Å². The van der Waals surface area contributed by atoms with Gasteiger partial charge >= 0.3 is 0 Å². The second kappa shape index (κ2) is 4.27. The van der Waals surface area contributed by atoms with Crippen molar-refractivity contribution in [1.29, 1.82) is 0 Å². The maximum atomic E-state index is 10.9. The highest BCUT2D eigenvalue weighted by Gasteiger charge is 2.05. The van der Waals surface area contributed by atoms with E-state index in [0.717, 1.165) is 12.0 Å². The van der Waals surface area contributed by atoms with Crippen LogP contribution < -0.4 is 5.14 Å². The Morgan fingerprint density at radius 2 is 1.86 bits per heavy atom. The zero-order chi connectivity index (χ0) is 10.6. The predicted octanol–water partition coefficient (Wildman–Crippen LogP) is 0.900. The third-order valence-electron chi connectivity index (χ3n) is 1.81. The summed E-state index contributed by atoms with van der Waals surface area (Å²) in [6, 6.07) is 6.41. The molecule has 0 aliphatic carbocycles. The zero-order valence-electron chi connectivity index (χ0n) is 7.60.